The Morgan fingerprint density at radius 3 is 2.26 bits per heavy atom. The number of alkyl halides is 9. The standard InChI is InChI=1S/C23H22F9NO2/c24-21(25,26)15-5-6-17(22(27,28)29)14(11-15)12-33-8-7-13(10-20(34)35)9-19(33)16-3-1-2-4-18(16)23(30,31)32/h1-2,4-6,11,13,16,19H,3,7-10,12H2,(H,34,35)/t13-,16?,19+/m0/s1. The van der Waals surface area contributed by atoms with Crippen LogP contribution in [0.5, 0.6) is 0 Å². The fraction of sp³-hybridized carbons (Fsp3) is 0.522. The molecule has 1 fully saturated rings. The summed E-state index contributed by atoms with van der Waals surface area (Å²) in [5.74, 6) is -2.87. The van der Waals surface area contributed by atoms with Crippen molar-refractivity contribution < 1.29 is 49.4 Å². The molecule has 1 aromatic rings. The number of carboxylic acids is 1. The molecule has 35 heavy (non-hydrogen) atoms. The maximum absolute atomic E-state index is 13.7. The summed E-state index contributed by atoms with van der Waals surface area (Å²) in [7, 11) is 0. The number of carbonyl (C=O) groups is 1. The van der Waals surface area contributed by atoms with Gasteiger partial charge in [0.1, 0.15) is 0 Å². The Morgan fingerprint density at radius 1 is 1.00 bits per heavy atom. The highest BCUT2D eigenvalue weighted by molar-refractivity contribution is 5.67. The van der Waals surface area contributed by atoms with E-state index >= 15 is 0 Å². The molecule has 0 spiro atoms. The van der Waals surface area contributed by atoms with Crippen molar-refractivity contribution in [2.45, 2.75) is 56.8 Å². The molecule has 1 heterocycles. The second kappa shape index (κ2) is 9.87. The maximum Gasteiger partial charge on any atom is 0.416 e. The Bertz CT molecular complexity index is 992. The van der Waals surface area contributed by atoms with Crippen molar-refractivity contribution in [2.24, 2.45) is 11.8 Å². The molecule has 2 aliphatic rings. The zero-order valence-electron chi connectivity index (χ0n) is 18.1. The molecule has 1 aliphatic heterocycles. The SMILES string of the molecule is O=C(O)C[C@H]1CCN(Cc2cc(C(F)(F)F)ccc2C(F)(F)F)[C@@H](C2CC=CC=C2C(F)(F)F)C1. The maximum atomic E-state index is 13.7. The van der Waals surface area contributed by atoms with E-state index in [0.717, 1.165) is 6.08 Å². The molecule has 194 valence electrons. The van der Waals surface area contributed by atoms with Gasteiger partial charge < -0.3 is 5.11 Å². The minimum absolute atomic E-state index is 0.0431. The van der Waals surface area contributed by atoms with Crippen molar-refractivity contribution >= 4 is 5.97 Å². The second-order valence-corrected chi connectivity index (χ2v) is 8.78. The average molecular weight is 515 g/mol. The summed E-state index contributed by atoms with van der Waals surface area (Å²) < 4.78 is 122. The third-order valence-electron chi connectivity index (χ3n) is 6.44. The van der Waals surface area contributed by atoms with Crippen molar-refractivity contribution in [1.82, 2.24) is 4.90 Å². The third-order valence-corrected chi connectivity index (χ3v) is 6.44. The van der Waals surface area contributed by atoms with E-state index in [4.69, 9.17) is 5.11 Å². The normalized spacial score (nSPS) is 24.4. The van der Waals surface area contributed by atoms with Crippen molar-refractivity contribution in [3.8, 4) is 0 Å². The fourth-order valence-corrected chi connectivity index (χ4v) is 4.88. The first-order chi connectivity index (χ1) is 16.1. The molecule has 0 aromatic heterocycles. The van der Waals surface area contributed by atoms with Crippen LogP contribution in [-0.2, 0) is 23.7 Å². The van der Waals surface area contributed by atoms with Crippen LogP contribution in [-0.4, -0.2) is 34.7 Å². The van der Waals surface area contributed by atoms with Crippen LogP contribution in [0.25, 0.3) is 0 Å². The van der Waals surface area contributed by atoms with Gasteiger partial charge in [0.25, 0.3) is 0 Å². The second-order valence-electron chi connectivity index (χ2n) is 8.78. The number of carboxylic acid groups (broad SMARTS) is 1. The molecule has 3 nitrogen and oxygen atoms in total. The molecule has 0 bridgehead atoms. The van der Waals surface area contributed by atoms with Gasteiger partial charge in [-0.1, -0.05) is 18.2 Å². The van der Waals surface area contributed by atoms with Crippen LogP contribution in [0.15, 0.2) is 42.0 Å². The molecule has 3 rings (SSSR count). The summed E-state index contributed by atoms with van der Waals surface area (Å²) in [6, 6.07) is 0.0139. The van der Waals surface area contributed by atoms with E-state index < -0.39 is 71.2 Å². The van der Waals surface area contributed by atoms with E-state index in [1.807, 2.05) is 0 Å². The largest absolute Gasteiger partial charge is 0.481 e. The van der Waals surface area contributed by atoms with Gasteiger partial charge in [-0.2, -0.15) is 39.5 Å². The molecule has 1 aromatic carbocycles. The lowest BCUT2D eigenvalue weighted by Gasteiger charge is -2.44. The van der Waals surface area contributed by atoms with Crippen LogP contribution in [0.4, 0.5) is 39.5 Å². The van der Waals surface area contributed by atoms with E-state index in [0.29, 0.717) is 18.2 Å². The highest BCUT2D eigenvalue weighted by Gasteiger charge is 2.46. The molecule has 1 saturated heterocycles. The summed E-state index contributed by atoms with van der Waals surface area (Å²) in [4.78, 5) is 12.5. The smallest absolute Gasteiger partial charge is 0.416 e. The minimum Gasteiger partial charge on any atom is -0.481 e. The number of allylic oxidation sites excluding steroid dienone is 3. The number of hydrogen-bond donors (Lipinski definition) is 1. The zero-order valence-corrected chi connectivity index (χ0v) is 18.1. The lowest BCUT2D eigenvalue weighted by atomic mass is 9.76. The molecule has 3 atom stereocenters. The van der Waals surface area contributed by atoms with Gasteiger partial charge in [-0.25, -0.2) is 0 Å². The molecule has 1 aliphatic carbocycles. The molecular formula is C23H22F9NO2. The number of benzene rings is 1. The number of likely N-dealkylation sites (tertiary alicyclic amines) is 1. The van der Waals surface area contributed by atoms with Crippen molar-refractivity contribution in [3.05, 3.63) is 58.7 Å². The summed E-state index contributed by atoms with van der Waals surface area (Å²) in [6.45, 7) is -0.712. The molecular weight excluding hydrogens is 493 g/mol. The van der Waals surface area contributed by atoms with Crippen molar-refractivity contribution in [1.29, 1.82) is 0 Å². The first kappa shape index (κ1) is 27.1. The van der Waals surface area contributed by atoms with Crippen LogP contribution in [0.1, 0.15) is 42.4 Å². The predicted octanol–water partition coefficient (Wildman–Crippen LogP) is 6.84. The fourth-order valence-electron chi connectivity index (χ4n) is 4.88. The van der Waals surface area contributed by atoms with E-state index in [-0.39, 0.29) is 32.2 Å². The van der Waals surface area contributed by atoms with Gasteiger partial charge >= 0.3 is 24.5 Å². The van der Waals surface area contributed by atoms with Crippen molar-refractivity contribution in [3.63, 3.8) is 0 Å². The Hall–Kier alpha value is -2.50. The number of nitrogens with zero attached hydrogens (tertiary/aromatic N) is 1. The first-order valence-corrected chi connectivity index (χ1v) is 10.7. The first-order valence-electron chi connectivity index (χ1n) is 10.7. The lowest BCUT2D eigenvalue weighted by Crippen LogP contribution is -2.48. The Kier molecular flexibility index (Phi) is 7.64. The van der Waals surface area contributed by atoms with Crippen LogP contribution in [0.3, 0.4) is 0 Å². The van der Waals surface area contributed by atoms with Crippen molar-refractivity contribution in [2.75, 3.05) is 6.54 Å². The predicted molar refractivity (Wildman–Crippen MR) is 107 cm³/mol. The quantitative estimate of drug-likeness (QED) is 0.437. The Morgan fingerprint density at radius 2 is 1.69 bits per heavy atom. The van der Waals surface area contributed by atoms with Gasteiger partial charge in [-0.05, 0) is 55.5 Å². The van der Waals surface area contributed by atoms with Crippen LogP contribution in [0.2, 0.25) is 0 Å². The van der Waals surface area contributed by atoms with E-state index in [9.17, 15) is 44.3 Å². The van der Waals surface area contributed by atoms with Gasteiger partial charge in [0.2, 0.25) is 0 Å². The lowest BCUT2D eigenvalue weighted by molar-refractivity contribution is -0.142. The monoisotopic (exact) mass is 515 g/mol. The number of aliphatic carboxylic acids is 1. The number of rotatable bonds is 5. The topological polar surface area (TPSA) is 40.5 Å². The summed E-state index contributed by atoms with van der Waals surface area (Å²) in [5.41, 5.74) is -4.19. The van der Waals surface area contributed by atoms with Gasteiger partial charge in [-0.15, -0.1) is 0 Å². The van der Waals surface area contributed by atoms with E-state index in [1.165, 1.54) is 17.1 Å². The number of piperidine rings is 1. The molecule has 0 amide bonds. The van der Waals surface area contributed by atoms with Gasteiger partial charge in [0, 0.05) is 30.5 Å². The van der Waals surface area contributed by atoms with Crippen LogP contribution < -0.4 is 0 Å². The van der Waals surface area contributed by atoms with Gasteiger partial charge in [-0.3, -0.25) is 9.69 Å². The summed E-state index contributed by atoms with van der Waals surface area (Å²) in [6.07, 6.45) is -11.3. The Balaban J connectivity index is 2.01. The summed E-state index contributed by atoms with van der Waals surface area (Å²) in [5, 5.41) is 9.13. The highest BCUT2D eigenvalue weighted by Crippen LogP contribution is 2.44. The molecule has 1 unspecified atom stereocenters. The van der Waals surface area contributed by atoms with Crippen LogP contribution in [0, 0.1) is 11.8 Å². The van der Waals surface area contributed by atoms with Gasteiger partial charge in [0.05, 0.1) is 11.1 Å². The Labute approximate surface area is 194 Å². The molecule has 0 saturated carbocycles. The number of halogens is 9. The van der Waals surface area contributed by atoms with E-state index in [1.54, 1.807) is 0 Å². The third kappa shape index (κ3) is 6.59. The average Bonchev–Trinajstić information content (AvgIpc) is 2.72. The molecule has 12 heteroatoms. The minimum atomic E-state index is -4.97. The van der Waals surface area contributed by atoms with Gasteiger partial charge in [0.15, 0.2) is 0 Å². The van der Waals surface area contributed by atoms with Crippen LogP contribution >= 0.6 is 0 Å². The highest BCUT2D eigenvalue weighted by atomic mass is 19.4. The number of hydrogen-bond acceptors (Lipinski definition) is 2. The molecule has 1 N–H and O–H groups in total. The molecule has 0 radical (unpaired) electrons. The van der Waals surface area contributed by atoms with E-state index in [2.05, 4.69) is 0 Å². The summed E-state index contributed by atoms with van der Waals surface area (Å²) >= 11 is 0. The zero-order chi connectivity index (χ0) is 26.2.